The van der Waals surface area contributed by atoms with Crippen LogP contribution in [0.4, 0.5) is 8.78 Å². The van der Waals surface area contributed by atoms with Gasteiger partial charge in [-0.1, -0.05) is 20.8 Å². The molecule has 0 bridgehead atoms. The van der Waals surface area contributed by atoms with Crippen LogP contribution in [-0.2, 0) is 4.74 Å². The smallest absolute Gasteiger partial charge is 0.338 e. The number of carbonyl (C=O) groups is 2. The number of esters is 1. The van der Waals surface area contributed by atoms with E-state index in [1.54, 1.807) is 0 Å². The van der Waals surface area contributed by atoms with Crippen molar-refractivity contribution in [2.75, 3.05) is 13.2 Å². The lowest BCUT2D eigenvalue weighted by atomic mass is 9.81. The Morgan fingerprint density at radius 2 is 1.41 bits per heavy atom. The lowest BCUT2D eigenvalue weighted by Gasteiger charge is -2.30. The minimum atomic E-state index is -0.547. The fraction of sp³-hybridized carbons (Fsp3) is 0.333. The van der Waals surface area contributed by atoms with Crippen LogP contribution in [0.2, 0.25) is 0 Å². The van der Waals surface area contributed by atoms with Crippen molar-refractivity contribution in [3.8, 4) is 0 Å². The van der Waals surface area contributed by atoms with E-state index >= 15 is 0 Å². The third kappa shape index (κ3) is 6.16. The summed E-state index contributed by atoms with van der Waals surface area (Å²) in [5.74, 6) is -1.86. The van der Waals surface area contributed by atoms with Gasteiger partial charge in [0.2, 0.25) is 0 Å². The molecule has 0 aliphatic heterocycles. The molecule has 0 saturated carbocycles. The first-order valence-electron chi connectivity index (χ1n) is 8.63. The molecule has 0 saturated heterocycles. The molecule has 0 heterocycles. The molecule has 0 radical (unpaired) electrons. The fourth-order valence-electron chi connectivity index (χ4n) is 2.38. The van der Waals surface area contributed by atoms with E-state index in [9.17, 15) is 18.4 Å². The predicted molar refractivity (Wildman–Crippen MR) is 98.4 cm³/mol. The third-order valence-electron chi connectivity index (χ3n) is 4.34. The highest BCUT2D eigenvalue weighted by Crippen LogP contribution is 2.26. The van der Waals surface area contributed by atoms with Crippen LogP contribution in [0.1, 0.15) is 41.5 Å². The van der Waals surface area contributed by atoms with E-state index in [4.69, 9.17) is 4.74 Å². The molecule has 4 nitrogen and oxygen atoms in total. The Balaban J connectivity index is 1.95. The number of halogens is 2. The van der Waals surface area contributed by atoms with Crippen molar-refractivity contribution >= 4 is 11.9 Å². The van der Waals surface area contributed by atoms with E-state index in [2.05, 4.69) is 5.32 Å². The fourth-order valence-corrected chi connectivity index (χ4v) is 2.38. The van der Waals surface area contributed by atoms with Crippen molar-refractivity contribution in [3.05, 3.63) is 71.3 Å². The molecular formula is C21H23F2NO3. The van der Waals surface area contributed by atoms with Crippen LogP contribution in [0.3, 0.4) is 0 Å². The maximum Gasteiger partial charge on any atom is 0.338 e. The lowest BCUT2D eigenvalue weighted by molar-refractivity contribution is 0.0331. The SMILES string of the molecule is CC(C)(C)C(CNC(=O)c1ccc(F)cc1)COC(=O)c1ccc(F)cc1. The summed E-state index contributed by atoms with van der Waals surface area (Å²) in [4.78, 5) is 24.3. The largest absolute Gasteiger partial charge is 0.462 e. The number of nitrogens with one attached hydrogen (secondary N) is 1. The minimum absolute atomic E-state index is 0.101. The Bertz CT molecular complexity index is 719. The van der Waals surface area contributed by atoms with Crippen LogP contribution in [0.25, 0.3) is 0 Å². The van der Waals surface area contributed by atoms with Crippen LogP contribution < -0.4 is 5.32 Å². The van der Waals surface area contributed by atoms with Crippen molar-refractivity contribution in [1.29, 1.82) is 0 Å². The second-order valence-electron chi connectivity index (χ2n) is 7.39. The Morgan fingerprint density at radius 1 is 0.926 bits per heavy atom. The van der Waals surface area contributed by atoms with Crippen molar-refractivity contribution in [2.24, 2.45) is 11.3 Å². The second-order valence-corrected chi connectivity index (χ2v) is 7.39. The average molecular weight is 375 g/mol. The van der Waals surface area contributed by atoms with Gasteiger partial charge in [0.05, 0.1) is 12.2 Å². The number of hydrogen-bond donors (Lipinski definition) is 1. The molecule has 0 aliphatic carbocycles. The first-order chi connectivity index (χ1) is 12.7. The zero-order chi connectivity index (χ0) is 20.0. The zero-order valence-electron chi connectivity index (χ0n) is 15.6. The monoisotopic (exact) mass is 375 g/mol. The summed E-state index contributed by atoms with van der Waals surface area (Å²) in [5.41, 5.74) is 0.380. The van der Waals surface area contributed by atoms with Gasteiger partial charge >= 0.3 is 5.97 Å². The van der Waals surface area contributed by atoms with E-state index in [-0.39, 0.29) is 36.0 Å². The number of rotatable bonds is 6. The molecule has 2 aromatic rings. The highest BCUT2D eigenvalue weighted by Gasteiger charge is 2.27. The molecule has 0 aromatic heterocycles. The summed E-state index contributed by atoms with van der Waals surface area (Å²) >= 11 is 0. The summed E-state index contributed by atoms with van der Waals surface area (Å²) in [6.07, 6.45) is 0. The van der Waals surface area contributed by atoms with Gasteiger partial charge in [-0.2, -0.15) is 0 Å². The summed E-state index contributed by atoms with van der Waals surface area (Å²) in [7, 11) is 0. The van der Waals surface area contributed by atoms with Crippen molar-refractivity contribution < 1.29 is 23.1 Å². The van der Waals surface area contributed by atoms with Gasteiger partial charge < -0.3 is 10.1 Å². The Labute approximate surface area is 157 Å². The number of ether oxygens (including phenoxy) is 1. The molecular weight excluding hydrogens is 352 g/mol. The lowest BCUT2D eigenvalue weighted by Crippen LogP contribution is -2.38. The molecule has 6 heteroatoms. The molecule has 144 valence electrons. The predicted octanol–water partition coefficient (Wildman–Crippen LogP) is 4.21. The van der Waals surface area contributed by atoms with Crippen LogP contribution >= 0.6 is 0 Å². The third-order valence-corrected chi connectivity index (χ3v) is 4.34. The molecule has 1 unspecified atom stereocenters. The van der Waals surface area contributed by atoms with E-state index in [1.807, 2.05) is 20.8 Å². The number of benzene rings is 2. The van der Waals surface area contributed by atoms with Gasteiger partial charge in [0.1, 0.15) is 11.6 Å². The van der Waals surface area contributed by atoms with Gasteiger partial charge in [0.15, 0.2) is 0 Å². The quantitative estimate of drug-likeness (QED) is 0.770. The van der Waals surface area contributed by atoms with Crippen LogP contribution in [0.15, 0.2) is 48.5 Å². The van der Waals surface area contributed by atoms with E-state index in [0.29, 0.717) is 5.56 Å². The summed E-state index contributed by atoms with van der Waals surface area (Å²) in [6.45, 7) is 6.33. The van der Waals surface area contributed by atoms with E-state index in [1.165, 1.54) is 48.5 Å². The van der Waals surface area contributed by atoms with Gasteiger partial charge in [0.25, 0.3) is 5.91 Å². The van der Waals surface area contributed by atoms with Gasteiger partial charge in [0, 0.05) is 18.0 Å². The van der Waals surface area contributed by atoms with Gasteiger partial charge in [-0.3, -0.25) is 4.79 Å². The Hall–Kier alpha value is -2.76. The minimum Gasteiger partial charge on any atom is -0.462 e. The molecule has 0 aliphatic rings. The van der Waals surface area contributed by atoms with Crippen molar-refractivity contribution in [1.82, 2.24) is 5.32 Å². The van der Waals surface area contributed by atoms with Crippen LogP contribution in [0.5, 0.6) is 0 Å². The van der Waals surface area contributed by atoms with Crippen molar-refractivity contribution in [3.63, 3.8) is 0 Å². The van der Waals surface area contributed by atoms with Crippen LogP contribution in [-0.4, -0.2) is 25.0 Å². The highest BCUT2D eigenvalue weighted by molar-refractivity contribution is 5.94. The normalized spacial score (nSPS) is 12.3. The Morgan fingerprint density at radius 3 is 1.89 bits per heavy atom. The van der Waals surface area contributed by atoms with Gasteiger partial charge in [-0.15, -0.1) is 0 Å². The molecule has 0 fully saturated rings. The molecule has 1 atom stereocenters. The number of hydrogen-bond acceptors (Lipinski definition) is 3. The second kappa shape index (κ2) is 8.75. The van der Waals surface area contributed by atoms with Gasteiger partial charge in [-0.25, -0.2) is 13.6 Å². The summed E-state index contributed by atoms with van der Waals surface area (Å²) in [6, 6.07) is 10.4. The summed E-state index contributed by atoms with van der Waals surface area (Å²) in [5, 5.41) is 2.79. The first-order valence-corrected chi connectivity index (χ1v) is 8.63. The van der Waals surface area contributed by atoms with Crippen molar-refractivity contribution in [2.45, 2.75) is 20.8 Å². The van der Waals surface area contributed by atoms with E-state index in [0.717, 1.165) is 0 Å². The first kappa shape index (κ1) is 20.6. The molecule has 2 rings (SSSR count). The summed E-state index contributed by atoms with van der Waals surface area (Å²) < 4.78 is 31.3. The van der Waals surface area contributed by atoms with E-state index < -0.39 is 17.6 Å². The van der Waals surface area contributed by atoms with Gasteiger partial charge in [-0.05, 0) is 53.9 Å². The standard InChI is InChI=1S/C21H23F2NO3/c1-21(2,3)16(12-24-19(25)14-4-8-17(22)9-5-14)13-27-20(26)15-6-10-18(23)11-7-15/h4-11,16H,12-13H2,1-3H3,(H,24,25). The zero-order valence-corrected chi connectivity index (χ0v) is 15.6. The maximum absolute atomic E-state index is 13.0. The molecule has 1 N–H and O–H groups in total. The maximum atomic E-state index is 13.0. The Kier molecular flexibility index (Phi) is 6.66. The molecule has 27 heavy (non-hydrogen) atoms. The average Bonchev–Trinajstić information content (AvgIpc) is 2.61. The highest BCUT2D eigenvalue weighted by atomic mass is 19.1. The molecule has 0 spiro atoms. The molecule has 1 amide bonds. The molecule has 2 aromatic carbocycles. The topological polar surface area (TPSA) is 55.4 Å². The number of amides is 1. The van der Waals surface area contributed by atoms with Crippen LogP contribution in [0, 0.1) is 23.0 Å². The number of carbonyl (C=O) groups excluding carboxylic acids is 2.